The zero-order valence-electron chi connectivity index (χ0n) is 19.1. The molecule has 3 heterocycles. The average molecular weight is 494 g/mol. The number of likely N-dealkylation sites (N-methyl/N-ethyl adjacent to an activating group) is 1. The first-order chi connectivity index (χ1) is 16.3. The van der Waals surface area contributed by atoms with Crippen LogP contribution in [0.2, 0.25) is 5.02 Å². The fourth-order valence-electron chi connectivity index (χ4n) is 4.21. The Morgan fingerprint density at radius 3 is 2.62 bits per heavy atom. The lowest BCUT2D eigenvalue weighted by Crippen LogP contribution is -2.58. The Hall–Kier alpha value is -3.07. The second-order valence-corrected chi connectivity index (χ2v) is 10.2. The molecular formula is C25H24ClN5O2S. The van der Waals surface area contributed by atoms with Gasteiger partial charge >= 0.3 is 5.97 Å². The van der Waals surface area contributed by atoms with Gasteiger partial charge in [-0.05, 0) is 62.0 Å². The van der Waals surface area contributed by atoms with E-state index in [4.69, 9.17) is 21.6 Å². The topological polar surface area (TPSA) is 82.5 Å². The molecule has 7 nitrogen and oxygen atoms in total. The molecule has 9 heteroatoms. The largest absolute Gasteiger partial charge is 0.481 e. The standard InChI is InChI=1S/C25H24ClN5O2S/c1-14-10-20-23(22(18(14)11-21(32)33)15-4-6-16(26)7-5-15)34-24(28-20)19-8-9-27-25(29-19)31-12-17(13-31)30(2)3/h4-10,17H,11-13H2,1-3H3,(H,32,33). The number of carboxylic acid groups (broad SMARTS) is 1. The number of aryl methyl sites for hydroxylation is 1. The minimum Gasteiger partial charge on any atom is -0.481 e. The molecule has 2 aromatic heterocycles. The molecule has 1 aliphatic heterocycles. The lowest BCUT2D eigenvalue weighted by atomic mass is 9.93. The molecule has 1 saturated heterocycles. The molecule has 0 amide bonds. The second kappa shape index (κ2) is 8.94. The van der Waals surface area contributed by atoms with Crippen LogP contribution in [0.3, 0.4) is 0 Å². The highest BCUT2D eigenvalue weighted by Crippen LogP contribution is 2.41. The molecule has 34 heavy (non-hydrogen) atoms. The summed E-state index contributed by atoms with van der Waals surface area (Å²) in [5.41, 5.74) is 5.09. The van der Waals surface area contributed by atoms with E-state index < -0.39 is 5.97 Å². The molecule has 0 bridgehead atoms. The van der Waals surface area contributed by atoms with Crippen LogP contribution in [0.15, 0.2) is 42.6 Å². The zero-order valence-corrected chi connectivity index (χ0v) is 20.7. The predicted octanol–water partition coefficient (Wildman–Crippen LogP) is 4.76. The van der Waals surface area contributed by atoms with Crippen LogP contribution in [-0.2, 0) is 11.2 Å². The quantitative estimate of drug-likeness (QED) is 0.414. The van der Waals surface area contributed by atoms with Crippen molar-refractivity contribution in [3.63, 3.8) is 0 Å². The third kappa shape index (κ3) is 4.24. The molecule has 1 fully saturated rings. The van der Waals surface area contributed by atoms with Crippen molar-refractivity contribution in [2.24, 2.45) is 0 Å². The van der Waals surface area contributed by atoms with Crippen molar-refractivity contribution in [1.29, 1.82) is 0 Å². The van der Waals surface area contributed by atoms with Gasteiger partial charge in [0.15, 0.2) is 0 Å². The number of benzene rings is 2. The van der Waals surface area contributed by atoms with Crippen LogP contribution in [-0.4, -0.2) is 64.2 Å². The highest BCUT2D eigenvalue weighted by molar-refractivity contribution is 7.22. The van der Waals surface area contributed by atoms with Crippen molar-refractivity contribution in [2.75, 3.05) is 32.1 Å². The fraction of sp³-hybridized carbons (Fsp3) is 0.280. The van der Waals surface area contributed by atoms with E-state index in [9.17, 15) is 9.90 Å². The minimum absolute atomic E-state index is 0.0629. The van der Waals surface area contributed by atoms with Crippen LogP contribution in [0.5, 0.6) is 0 Å². The van der Waals surface area contributed by atoms with Gasteiger partial charge in [0.25, 0.3) is 0 Å². The number of anilines is 1. The van der Waals surface area contributed by atoms with Crippen LogP contribution < -0.4 is 4.90 Å². The van der Waals surface area contributed by atoms with Gasteiger partial charge in [-0.25, -0.2) is 15.0 Å². The summed E-state index contributed by atoms with van der Waals surface area (Å²) in [7, 11) is 4.17. The number of fused-ring (bicyclic) bond motifs is 1. The molecule has 1 aliphatic rings. The van der Waals surface area contributed by atoms with Gasteiger partial charge in [0.05, 0.1) is 16.6 Å². The van der Waals surface area contributed by atoms with E-state index in [1.165, 1.54) is 11.3 Å². The molecule has 4 aromatic rings. The number of hydrogen-bond donors (Lipinski definition) is 1. The summed E-state index contributed by atoms with van der Waals surface area (Å²) in [6.45, 7) is 3.73. The van der Waals surface area contributed by atoms with Gasteiger partial charge in [-0.2, -0.15) is 0 Å². The van der Waals surface area contributed by atoms with Crippen molar-refractivity contribution >= 4 is 45.1 Å². The summed E-state index contributed by atoms with van der Waals surface area (Å²) in [4.78, 5) is 30.2. The van der Waals surface area contributed by atoms with E-state index in [2.05, 4.69) is 28.9 Å². The summed E-state index contributed by atoms with van der Waals surface area (Å²) >= 11 is 7.64. The molecule has 2 aromatic carbocycles. The molecule has 0 atom stereocenters. The van der Waals surface area contributed by atoms with Crippen molar-refractivity contribution in [2.45, 2.75) is 19.4 Å². The third-order valence-electron chi connectivity index (χ3n) is 6.21. The molecule has 0 saturated carbocycles. The van der Waals surface area contributed by atoms with Crippen LogP contribution in [0.4, 0.5) is 5.95 Å². The first-order valence-corrected chi connectivity index (χ1v) is 12.1. The molecular weight excluding hydrogens is 470 g/mol. The molecule has 0 unspecified atom stereocenters. The number of nitrogens with zero attached hydrogens (tertiary/aromatic N) is 5. The van der Waals surface area contributed by atoms with E-state index in [-0.39, 0.29) is 6.42 Å². The van der Waals surface area contributed by atoms with Gasteiger partial charge in [0, 0.05) is 35.9 Å². The zero-order chi connectivity index (χ0) is 24.0. The number of carbonyl (C=O) groups is 1. The van der Waals surface area contributed by atoms with Gasteiger partial charge in [0.2, 0.25) is 5.95 Å². The first-order valence-electron chi connectivity index (χ1n) is 11.0. The number of thiazole rings is 1. The van der Waals surface area contributed by atoms with Crippen LogP contribution in [0.25, 0.3) is 32.0 Å². The Balaban J connectivity index is 1.60. The minimum atomic E-state index is -0.867. The van der Waals surface area contributed by atoms with Gasteiger partial charge < -0.3 is 14.9 Å². The van der Waals surface area contributed by atoms with E-state index in [1.807, 2.05) is 43.3 Å². The van der Waals surface area contributed by atoms with Crippen molar-refractivity contribution in [1.82, 2.24) is 19.9 Å². The smallest absolute Gasteiger partial charge is 0.307 e. The number of halogens is 1. The third-order valence-corrected chi connectivity index (χ3v) is 7.57. The number of carboxylic acids is 1. The lowest BCUT2D eigenvalue weighted by molar-refractivity contribution is -0.136. The predicted molar refractivity (Wildman–Crippen MR) is 137 cm³/mol. The molecule has 0 spiro atoms. The summed E-state index contributed by atoms with van der Waals surface area (Å²) in [5.74, 6) is -0.163. The Morgan fingerprint density at radius 2 is 1.94 bits per heavy atom. The number of aromatic nitrogens is 3. The van der Waals surface area contributed by atoms with Crippen molar-refractivity contribution in [3.8, 4) is 21.8 Å². The summed E-state index contributed by atoms with van der Waals surface area (Å²) in [6.07, 6.45) is 1.71. The van der Waals surface area contributed by atoms with Gasteiger partial charge in [-0.15, -0.1) is 11.3 Å². The molecule has 1 N–H and O–H groups in total. The average Bonchev–Trinajstić information content (AvgIpc) is 3.17. The maximum atomic E-state index is 11.7. The van der Waals surface area contributed by atoms with Crippen molar-refractivity contribution < 1.29 is 9.90 Å². The Morgan fingerprint density at radius 1 is 1.21 bits per heavy atom. The maximum absolute atomic E-state index is 11.7. The SMILES string of the molecule is Cc1cc2nc(-c3ccnc(N4CC(N(C)C)C4)n3)sc2c(-c2ccc(Cl)cc2)c1CC(=O)O. The fourth-order valence-corrected chi connectivity index (χ4v) is 5.44. The number of rotatable bonds is 6. The Kier molecular flexibility index (Phi) is 5.97. The second-order valence-electron chi connectivity index (χ2n) is 8.76. The van der Waals surface area contributed by atoms with E-state index in [0.29, 0.717) is 17.0 Å². The van der Waals surface area contributed by atoms with Crippen LogP contribution in [0, 0.1) is 6.92 Å². The highest BCUT2D eigenvalue weighted by atomic mass is 35.5. The highest BCUT2D eigenvalue weighted by Gasteiger charge is 2.30. The summed E-state index contributed by atoms with van der Waals surface area (Å²) in [6, 6.07) is 11.8. The molecule has 0 aliphatic carbocycles. The van der Waals surface area contributed by atoms with E-state index in [0.717, 1.165) is 56.3 Å². The summed E-state index contributed by atoms with van der Waals surface area (Å²) < 4.78 is 0.941. The molecule has 174 valence electrons. The van der Waals surface area contributed by atoms with Crippen LogP contribution >= 0.6 is 22.9 Å². The number of hydrogen-bond acceptors (Lipinski definition) is 7. The Labute approximate surface area is 206 Å². The normalized spacial score (nSPS) is 14.1. The van der Waals surface area contributed by atoms with Gasteiger partial charge in [-0.1, -0.05) is 23.7 Å². The Bertz CT molecular complexity index is 1380. The lowest BCUT2D eigenvalue weighted by Gasteiger charge is -2.42. The maximum Gasteiger partial charge on any atom is 0.307 e. The van der Waals surface area contributed by atoms with E-state index in [1.54, 1.807) is 6.20 Å². The molecule has 5 rings (SSSR count). The monoisotopic (exact) mass is 493 g/mol. The number of aliphatic carboxylic acids is 1. The van der Waals surface area contributed by atoms with E-state index >= 15 is 0 Å². The first kappa shape index (κ1) is 22.7. The summed E-state index contributed by atoms with van der Waals surface area (Å²) in [5, 5.41) is 11.0. The molecule has 0 radical (unpaired) electrons. The van der Waals surface area contributed by atoms with Crippen LogP contribution in [0.1, 0.15) is 11.1 Å². The van der Waals surface area contributed by atoms with Gasteiger partial charge in [-0.3, -0.25) is 4.79 Å². The van der Waals surface area contributed by atoms with Crippen molar-refractivity contribution in [3.05, 3.63) is 58.7 Å². The van der Waals surface area contributed by atoms with Gasteiger partial charge in [0.1, 0.15) is 10.7 Å².